The molecule has 2 fully saturated rings. The Kier molecular flexibility index (Phi) is 4.62. The summed E-state index contributed by atoms with van der Waals surface area (Å²) < 4.78 is 7.20. The van der Waals surface area contributed by atoms with Gasteiger partial charge < -0.3 is 19.8 Å². The highest BCUT2D eigenvalue weighted by atomic mass is 16.5. The predicted octanol–water partition coefficient (Wildman–Crippen LogP) is 1.71. The Balaban J connectivity index is 1.37. The van der Waals surface area contributed by atoms with Gasteiger partial charge in [-0.25, -0.2) is 4.79 Å². The van der Waals surface area contributed by atoms with Gasteiger partial charge in [0.2, 0.25) is 5.89 Å². The number of nitrogens with zero attached hydrogens (tertiary/aromatic N) is 5. The van der Waals surface area contributed by atoms with Gasteiger partial charge in [-0.05, 0) is 25.8 Å². The lowest BCUT2D eigenvalue weighted by molar-refractivity contribution is 0.166. The zero-order valence-corrected chi connectivity index (χ0v) is 14.8. The number of hydrogen-bond acceptors (Lipinski definition) is 6. The number of β-amino-alcohol motifs (C(OH)–C–C–N with tert-alkyl or cyclic N) is 1. The van der Waals surface area contributed by atoms with E-state index in [1.807, 2.05) is 16.9 Å². The van der Waals surface area contributed by atoms with Crippen molar-refractivity contribution in [3.63, 3.8) is 0 Å². The van der Waals surface area contributed by atoms with E-state index in [2.05, 4.69) is 20.6 Å². The fourth-order valence-electron chi connectivity index (χ4n) is 3.83. The normalized spacial score (nSPS) is 23.7. The van der Waals surface area contributed by atoms with Gasteiger partial charge in [0.15, 0.2) is 5.82 Å². The Labute approximate surface area is 151 Å². The molecule has 2 aliphatic rings. The molecule has 1 aliphatic carbocycles. The molecule has 1 saturated heterocycles. The second kappa shape index (κ2) is 7.06. The van der Waals surface area contributed by atoms with Crippen molar-refractivity contribution in [3.05, 3.63) is 29.7 Å². The van der Waals surface area contributed by atoms with Crippen LogP contribution >= 0.6 is 0 Å². The molecule has 1 saturated carbocycles. The van der Waals surface area contributed by atoms with Gasteiger partial charge in [-0.15, -0.1) is 0 Å². The first-order valence-electron chi connectivity index (χ1n) is 9.17. The zero-order chi connectivity index (χ0) is 18.1. The van der Waals surface area contributed by atoms with Crippen molar-refractivity contribution in [1.29, 1.82) is 0 Å². The predicted molar refractivity (Wildman–Crippen MR) is 91.1 cm³/mol. The third kappa shape index (κ3) is 3.44. The minimum Gasteiger partial charge on any atom is -0.391 e. The maximum Gasteiger partial charge on any atom is 0.318 e. The molecule has 2 atom stereocenters. The van der Waals surface area contributed by atoms with Crippen LogP contribution in [0.15, 0.2) is 16.8 Å². The maximum absolute atomic E-state index is 12.6. The van der Waals surface area contributed by atoms with Crippen LogP contribution in [0.1, 0.15) is 61.6 Å². The number of aromatic nitrogens is 4. The molecule has 0 radical (unpaired) electrons. The topological polar surface area (TPSA) is 109 Å². The van der Waals surface area contributed by atoms with Crippen molar-refractivity contribution in [2.24, 2.45) is 0 Å². The lowest BCUT2D eigenvalue weighted by atomic mass is 10.2. The van der Waals surface area contributed by atoms with Crippen LogP contribution in [0.3, 0.4) is 0 Å². The van der Waals surface area contributed by atoms with Crippen LogP contribution in [0.2, 0.25) is 0 Å². The van der Waals surface area contributed by atoms with E-state index in [-0.39, 0.29) is 12.6 Å². The van der Waals surface area contributed by atoms with E-state index in [4.69, 9.17) is 4.52 Å². The Hall–Kier alpha value is -2.42. The van der Waals surface area contributed by atoms with E-state index < -0.39 is 12.1 Å². The minimum atomic E-state index is -0.598. The first-order valence-corrected chi connectivity index (χ1v) is 9.17. The van der Waals surface area contributed by atoms with Crippen LogP contribution in [0, 0.1) is 6.92 Å². The Morgan fingerprint density at radius 3 is 2.96 bits per heavy atom. The number of rotatable bonds is 4. The quantitative estimate of drug-likeness (QED) is 0.859. The summed E-state index contributed by atoms with van der Waals surface area (Å²) in [6.07, 6.45) is 6.63. The zero-order valence-electron chi connectivity index (χ0n) is 14.8. The van der Waals surface area contributed by atoms with E-state index in [1.54, 1.807) is 11.8 Å². The van der Waals surface area contributed by atoms with Crippen LogP contribution in [-0.2, 0) is 6.54 Å². The number of hydrogen-bond donors (Lipinski definition) is 2. The second-order valence-electron chi connectivity index (χ2n) is 7.12. The van der Waals surface area contributed by atoms with Gasteiger partial charge in [0.1, 0.15) is 6.04 Å². The molecule has 2 aromatic heterocycles. The molecule has 2 amide bonds. The summed E-state index contributed by atoms with van der Waals surface area (Å²) in [5, 5.41) is 21.2. The summed E-state index contributed by atoms with van der Waals surface area (Å²) in [5.74, 6) is 0.874. The van der Waals surface area contributed by atoms with Gasteiger partial charge in [-0.2, -0.15) is 10.1 Å². The summed E-state index contributed by atoms with van der Waals surface area (Å²) in [6, 6.07) is 1.76. The van der Waals surface area contributed by atoms with Crippen LogP contribution in [0.5, 0.6) is 0 Å². The van der Waals surface area contributed by atoms with E-state index in [9.17, 15) is 9.90 Å². The van der Waals surface area contributed by atoms with Crippen LogP contribution in [0.4, 0.5) is 4.79 Å². The van der Waals surface area contributed by atoms with Gasteiger partial charge in [0.05, 0.1) is 24.4 Å². The highest BCUT2D eigenvalue weighted by molar-refractivity contribution is 5.75. The lowest BCUT2D eigenvalue weighted by Gasteiger charge is -2.21. The molecule has 2 aromatic rings. The Bertz CT molecular complexity index is 766. The van der Waals surface area contributed by atoms with Gasteiger partial charge in [-0.1, -0.05) is 18.0 Å². The van der Waals surface area contributed by atoms with Crippen molar-refractivity contribution in [2.45, 2.75) is 63.8 Å². The van der Waals surface area contributed by atoms with E-state index in [0.29, 0.717) is 30.7 Å². The van der Waals surface area contributed by atoms with Crippen molar-refractivity contribution in [3.8, 4) is 0 Å². The third-order valence-electron chi connectivity index (χ3n) is 5.15. The van der Waals surface area contributed by atoms with Crippen molar-refractivity contribution < 1.29 is 14.4 Å². The number of carbonyl (C=O) groups excluding carboxylic acids is 1. The summed E-state index contributed by atoms with van der Waals surface area (Å²) in [7, 11) is 0. The number of aliphatic hydroxyl groups is 1. The van der Waals surface area contributed by atoms with Gasteiger partial charge in [-0.3, -0.25) is 4.68 Å². The highest BCUT2D eigenvalue weighted by Gasteiger charge is 2.38. The summed E-state index contributed by atoms with van der Waals surface area (Å²) in [4.78, 5) is 18.3. The Morgan fingerprint density at radius 1 is 1.42 bits per heavy atom. The molecule has 4 rings (SSSR count). The van der Waals surface area contributed by atoms with Gasteiger partial charge >= 0.3 is 6.03 Å². The molecule has 0 unspecified atom stereocenters. The fraction of sp³-hybridized carbons (Fsp3) is 0.647. The largest absolute Gasteiger partial charge is 0.391 e. The van der Waals surface area contributed by atoms with Crippen LogP contribution in [0.25, 0.3) is 0 Å². The molecular weight excluding hydrogens is 336 g/mol. The highest BCUT2D eigenvalue weighted by Crippen LogP contribution is 2.31. The second-order valence-corrected chi connectivity index (χ2v) is 7.12. The molecule has 140 valence electrons. The average molecular weight is 360 g/mol. The molecule has 1 aliphatic heterocycles. The van der Waals surface area contributed by atoms with Crippen molar-refractivity contribution >= 4 is 6.03 Å². The first kappa shape index (κ1) is 17.0. The first-order chi connectivity index (χ1) is 12.6. The minimum absolute atomic E-state index is 0.244. The summed E-state index contributed by atoms with van der Waals surface area (Å²) >= 11 is 0. The Morgan fingerprint density at radius 2 is 2.23 bits per heavy atom. The molecule has 9 heteroatoms. The smallest absolute Gasteiger partial charge is 0.318 e. The molecule has 26 heavy (non-hydrogen) atoms. The van der Waals surface area contributed by atoms with Crippen molar-refractivity contribution in [2.75, 3.05) is 6.54 Å². The number of urea groups is 1. The molecule has 0 bridgehead atoms. The van der Waals surface area contributed by atoms with E-state index >= 15 is 0 Å². The number of nitrogens with one attached hydrogen (secondary N) is 1. The lowest BCUT2D eigenvalue weighted by Crippen LogP contribution is -2.40. The average Bonchev–Trinajstić information content (AvgIpc) is 3.39. The molecule has 2 N–H and O–H groups in total. The molecule has 3 heterocycles. The molecule has 9 nitrogen and oxygen atoms in total. The number of amides is 2. The van der Waals surface area contributed by atoms with E-state index in [1.165, 1.54) is 25.7 Å². The maximum atomic E-state index is 12.6. The van der Waals surface area contributed by atoms with Gasteiger partial charge in [0.25, 0.3) is 0 Å². The monoisotopic (exact) mass is 360 g/mol. The standard InChI is InChI=1S/C17H24N6O3/c1-11-19-16(26-21-11)15-8-14(24)10-22(15)17(25)18-9-12-6-7-23(20-12)13-4-2-3-5-13/h6-7,13-15,24H,2-5,8-10H2,1H3,(H,18,25)/t14-,15-/m1/s1. The van der Waals surface area contributed by atoms with E-state index in [0.717, 1.165) is 5.69 Å². The number of aryl methyl sites for hydroxylation is 1. The SMILES string of the molecule is Cc1noc([C@H]2C[C@@H](O)CN2C(=O)NCc2ccn(C3CCCC3)n2)n1. The van der Waals surface area contributed by atoms with Crippen molar-refractivity contribution in [1.82, 2.24) is 30.1 Å². The van der Waals surface area contributed by atoms with Crippen LogP contribution < -0.4 is 5.32 Å². The molecule has 0 aromatic carbocycles. The number of likely N-dealkylation sites (tertiary alicyclic amines) is 1. The number of carbonyl (C=O) groups is 1. The summed E-state index contributed by atoms with van der Waals surface area (Å²) in [5.41, 5.74) is 0.829. The fourth-order valence-corrected chi connectivity index (χ4v) is 3.83. The summed E-state index contributed by atoms with van der Waals surface area (Å²) in [6.45, 7) is 2.32. The molecule has 0 spiro atoms. The number of aliphatic hydroxyl groups excluding tert-OH is 1. The van der Waals surface area contributed by atoms with Gasteiger partial charge in [0, 0.05) is 19.2 Å². The van der Waals surface area contributed by atoms with Crippen LogP contribution in [-0.4, -0.2) is 48.6 Å². The third-order valence-corrected chi connectivity index (χ3v) is 5.15. The molecular formula is C17H24N6O3.